The fraction of sp³-hybridized carbons (Fsp3) is 0.769. The number of hydrogen-bond donors (Lipinski definition) is 0. The zero-order chi connectivity index (χ0) is 14.8. The molecule has 0 fully saturated rings. The van der Waals surface area contributed by atoms with E-state index in [0.29, 0.717) is 0 Å². The van der Waals surface area contributed by atoms with Gasteiger partial charge in [0.15, 0.2) is 5.78 Å². The van der Waals surface area contributed by atoms with Gasteiger partial charge in [-0.1, -0.05) is 0 Å². The van der Waals surface area contributed by atoms with Crippen LogP contribution in [0, 0.1) is 0 Å². The van der Waals surface area contributed by atoms with Crippen LogP contribution in [0.5, 0.6) is 0 Å². The molecule has 5 heteroatoms. The van der Waals surface area contributed by atoms with Crippen LogP contribution in [-0.2, 0) is 14.4 Å². The van der Waals surface area contributed by atoms with E-state index in [1.165, 1.54) is 30.7 Å². The Morgan fingerprint density at radius 3 is 1.28 bits per heavy atom. The van der Waals surface area contributed by atoms with E-state index in [9.17, 15) is 19.5 Å². The number of carboxylic acid groups (broad SMARTS) is 1. The van der Waals surface area contributed by atoms with E-state index in [0.717, 1.165) is 6.92 Å². The molecule has 5 nitrogen and oxygen atoms in total. The molecule has 0 aliphatic rings. The Labute approximate surface area is 109 Å². The van der Waals surface area contributed by atoms with Crippen LogP contribution in [0.25, 0.3) is 0 Å². The molecule has 0 saturated carbocycles. The Balaban J connectivity index is 0. The van der Waals surface area contributed by atoms with Gasteiger partial charge in [-0.25, -0.2) is 0 Å². The Morgan fingerprint density at radius 1 is 0.889 bits per heavy atom. The Hall–Kier alpha value is -1.23. The largest absolute Gasteiger partial charge is 0.542 e. The van der Waals surface area contributed by atoms with Crippen molar-refractivity contribution >= 4 is 17.5 Å². The van der Waals surface area contributed by atoms with Gasteiger partial charge in [-0.2, -0.15) is 0 Å². The van der Waals surface area contributed by atoms with Crippen molar-refractivity contribution in [2.24, 2.45) is 0 Å². The van der Waals surface area contributed by atoms with E-state index in [1.807, 2.05) is 0 Å². The van der Waals surface area contributed by atoms with Gasteiger partial charge in [0.2, 0.25) is 0 Å². The number of hydrogen-bond acceptors (Lipinski definition) is 4. The van der Waals surface area contributed by atoms with Gasteiger partial charge < -0.3 is 14.4 Å². The standard InChI is InChI=1S/C8H20N.C5H6O4/c1-5-9(6-2,7-3)8-4;1-3(6)2-4(7)5(8)9/h5-8H2,1-4H3;2H2,1H3,(H,8,9)/q+1;/p-1. The number of carbonyl (C=O) groups excluding carboxylic acids is 3. The zero-order valence-corrected chi connectivity index (χ0v) is 12.1. The summed E-state index contributed by atoms with van der Waals surface area (Å²) in [5.74, 6) is -3.43. The van der Waals surface area contributed by atoms with Crippen LogP contribution in [0.4, 0.5) is 0 Å². The van der Waals surface area contributed by atoms with Gasteiger partial charge in [0, 0.05) is 0 Å². The molecule has 0 aromatic heterocycles. The van der Waals surface area contributed by atoms with Crippen molar-refractivity contribution in [1.82, 2.24) is 0 Å². The second kappa shape index (κ2) is 9.76. The molecule has 0 aliphatic carbocycles. The average Bonchev–Trinajstić information content (AvgIpc) is 2.32. The zero-order valence-electron chi connectivity index (χ0n) is 12.1. The summed E-state index contributed by atoms with van der Waals surface area (Å²) in [6.07, 6.45) is -0.567. The molecule has 0 spiro atoms. The molecule has 0 rings (SSSR count). The van der Waals surface area contributed by atoms with Crippen molar-refractivity contribution in [3.63, 3.8) is 0 Å². The smallest absolute Gasteiger partial charge is 0.185 e. The number of Topliss-reactive ketones (excluding diaryl/α,β-unsaturated/α-hetero) is 2. The summed E-state index contributed by atoms with van der Waals surface area (Å²) in [7, 11) is 0. The van der Waals surface area contributed by atoms with Crippen molar-refractivity contribution in [2.45, 2.75) is 41.0 Å². The highest BCUT2D eigenvalue weighted by atomic mass is 16.4. The van der Waals surface area contributed by atoms with Crippen molar-refractivity contribution in [3.05, 3.63) is 0 Å². The van der Waals surface area contributed by atoms with Crippen LogP contribution in [0.3, 0.4) is 0 Å². The van der Waals surface area contributed by atoms with Crippen molar-refractivity contribution < 1.29 is 24.0 Å². The predicted octanol–water partition coefficient (Wildman–Crippen LogP) is 0.167. The molecule has 0 aromatic carbocycles. The number of nitrogens with zero attached hydrogens (tertiary/aromatic N) is 1. The molecule has 0 N–H and O–H groups in total. The summed E-state index contributed by atoms with van der Waals surface area (Å²) >= 11 is 0. The van der Waals surface area contributed by atoms with Crippen LogP contribution in [-0.4, -0.2) is 48.2 Å². The topological polar surface area (TPSA) is 74.3 Å². The average molecular weight is 259 g/mol. The molecule has 106 valence electrons. The van der Waals surface area contributed by atoms with Crippen LogP contribution in [0.15, 0.2) is 0 Å². The molecule has 0 atom stereocenters. The van der Waals surface area contributed by atoms with Gasteiger partial charge in [-0.15, -0.1) is 0 Å². The van der Waals surface area contributed by atoms with Gasteiger partial charge in [0.1, 0.15) is 11.8 Å². The van der Waals surface area contributed by atoms with Crippen LogP contribution >= 0.6 is 0 Å². The van der Waals surface area contributed by atoms with Crippen molar-refractivity contribution in [2.75, 3.05) is 26.2 Å². The van der Waals surface area contributed by atoms with E-state index in [2.05, 4.69) is 27.7 Å². The number of rotatable bonds is 7. The summed E-state index contributed by atoms with van der Waals surface area (Å²) in [5, 5.41) is 9.62. The Kier molecular flexibility index (Phi) is 10.4. The first-order valence-electron chi connectivity index (χ1n) is 6.37. The fourth-order valence-corrected chi connectivity index (χ4v) is 1.64. The minimum Gasteiger partial charge on any atom is -0.542 e. The van der Waals surface area contributed by atoms with E-state index in [-0.39, 0.29) is 0 Å². The monoisotopic (exact) mass is 259 g/mol. The van der Waals surface area contributed by atoms with E-state index >= 15 is 0 Å². The second-order valence-electron chi connectivity index (χ2n) is 4.20. The van der Waals surface area contributed by atoms with Gasteiger partial charge in [-0.3, -0.25) is 9.59 Å². The Morgan fingerprint density at radius 2 is 1.22 bits per heavy atom. The molecule has 0 bridgehead atoms. The van der Waals surface area contributed by atoms with Gasteiger partial charge >= 0.3 is 0 Å². The molecule has 0 aromatic rings. The second-order valence-corrected chi connectivity index (χ2v) is 4.20. The van der Waals surface area contributed by atoms with Gasteiger partial charge in [-0.05, 0) is 34.6 Å². The molecule has 0 unspecified atom stereocenters. The molecule has 0 heterocycles. The highest BCUT2D eigenvalue weighted by Gasteiger charge is 2.16. The predicted molar refractivity (Wildman–Crippen MR) is 67.7 cm³/mol. The van der Waals surface area contributed by atoms with E-state index < -0.39 is 24.0 Å². The Bertz CT molecular complexity index is 265. The normalized spacial score (nSPS) is 10.3. The third-order valence-corrected chi connectivity index (χ3v) is 3.32. The third kappa shape index (κ3) is 7.95. The summed E-state index contributed by atoms with van der Waals surface area (Å²) in [4.78, 5) is 29.7. The lowest BCUT2D eigenvalue weighted by molar-refractivity contribution is -0.921. The first-order chi connectivity index (χ1) is 8.28. The van der Waals surface area contributed by atoms with E-state index in [1.54, 1.807) is 0 Å². The third-order valence-electron chi connectivity index (χ3n) is 3.32. The summed E-state index contributed by atoms with van der Waals surface area (Å²) in [6.45, 7) is 15.4. The summed E-state index contributed by atoms with van der Waals surface area (Å²) in [5.41, 5.74) is 0. The molecular weight excluding hydrogens is 234 g/mol. The maximum Gasteiger partial charge on any atom is 0.185 e. The van der Waals surface area contributed by atoms with Gasteiger partial charge in [0.25, 0.3) is 0 Å². The van der Waals surface area contributed by atoms with Crippen LogP contribution in [0.2, 0.25) is 0 Å². The first-order valence-corrected chi connectivity index (χ1v) is 6.37. The number of carbonyl (C=O) groups is 3. The number of carboxylic acids is 1. The highest BCUT2D eigenvalue weighted by molar-refractivity contribution is 6.35. The van der Waals surface area contributed by atoms with Crippen molar-refractivity contribution in [1.29, 1.82) is 0 Å². The van der Waals surface area contributed by atoms with Crippen LogP contribution in [0.1, 0.15) is 41.0 Å². The molecule has 0 saturated heterocycles. The lowest BCUT2D eigenvalue weighted by Crippen LogP contribution is -2.47. The summed E-state index contributed by atoms with van der Waals surface area (Å²) < 4.78 is 1.28. The van der Waals surface area contributed by atoms with E-state index in [4.69, 9.17) is 0 Å². The first kappa shape index (κ1) is 19.1. The maximum absolute atomic E-state index is 10.1. The molecule has 0 amide bonds. The van der Waals surface area contributed by atoms with Crippen LogP contribution < -0.4 is 5.11 Å². The highest BCUT2D eigenvalue weighted by Crippen LogP contribution is 2.03. The molecule has 0 radical (unpaired) electrons. The fourth-order valence-electron chi connectivity index (χ4n) is 1.64. The maximum atomic E-state index is 10.1. The lowest BCUT2D eigenvalue weighted by atomic mass is 10.2. The quantitative estimate of drug-likeness (QED) is 0.371. The number of ketones is 2. The molecule has 18 heavy (non-hydrogen) atoms. The minimum atomic E-state index is -1.80. The van der Waals surface area contributed by atoms with Crippen molar-refractivity contribution in [3.8, 4) is 0 Å². The molecule has 0 aliphatic heterocycles. The SMILES string of the molecule is CC(=O)CC(=O)C(=O)[O-].CC[N+](CC)(CC)CC. The van der Waals surface area contributed by atoms with Gasteiger partial charge in [0.05, 0.1) is 32.6 Å². The minimum absolute atomic E-state index is 0.468. The summed E-state index contributed by atoms with van der Waals surface area (Å²) in [6, 6.07) is 0. The number of quaternary nitrogens is 1. The number of aliphatic carboxylic acids is 1. The molecular formula is C13H25NO4. The lowest BCUT2D eigenvalue weighted by Gasteiger charge is -2.34.